The van der Waals surface area contributed by atoms with E-state index in [9.17, 15) is 13.6 Å². The quantitative estimate of drug-likeness (QED) is 0.923. The first-order chi connectivity index (χ1) is 11.1. The van der Waals surface area contributed by atoms with Crippen molar-refractivity contribution in [1.82, 2.24) is 10.2 Å². The third-order valence-corrected chi connectivity index (χ3v) is 4.64. The summed E-state index contributed by atoms with van der Waals surface area (Å²) in [5.74, 6) is -1.65. The number of benzene rings is 1. The van der Waals surface area contributed by atoms with Crippen molar-refractivity contribution < 1.29 is 18.3 Å². The van der Waals surface area contributed by atoms with E-state index >= 15 is 0 Å². The molecule has 126 valence electrons. The smallest absolute Gasteiger partial charge is 0.251 e. The molecule has 1 N–H and O–H groups in total. The number of rotatable bonds is 4. The van der Waals surface area contributed by atoms with Crippen molar-refractivity contribution in [2.24, 2.45) is 5.92 Å². The molecule has 0 radical (unpaired) electrons. The van der Waals surface area contributed by atoms with Gasteiger partial charge in [0.05, 0.1) is 6.61 Å². The number of halogens is 2. The van der Waals surface area contributed by atoms with Crippen LogP contribution >= 0.6 is 0 Å². The van der Waals surface area contributed by atoms with Crippen molar-refractivity contribution in [3.8, 4) is 0 Å². The van der Waals surface area contributed by atoms with Crippen LogP contribution in [0.15, 0.2) is 18.2 Å². The van der Waals surface area contributed by atoms with Crippen LogP contribution in [-0.4, -0.2) is 49.7 Å². The van der Waals surface area contributed by atoms with Crippen LogP contribution in [0.5, 0.6) is 0 Å². The van der Waals surface area contributed by atoms with Gasteiger partial charge in [-0.05, 0) is 43.4 Å². The summed E-state index contributed by atoms with van der Waals surface area (Å²) in [5.41, 5.74) is 0.162. The summed E-state index contributed by atoms with van der Waals surface area (Å²) >= 11 is 0. The summed E-state index contributed by atoms with van der Waals surface area (Å²) in [7, 11) is 0. The molecule has 0 bridgehead atoms. The molecule has 3 rings (SSSR count). The fourth-order valence-corrected chi connectivity index (χ4v) is 3.26. The lowest BCUT2D eigenvalue weighted by Crippen LogP contribution is -2.45. The van der Waals surface area contributed by atoms with Crippen LogP contribution in [0.25, 0.3) is 0 Å². The van der Waals surface area contributed by atoms with E-state index in [0.717, 1.165) is 64.2 Å². The molecule has 0 unspecified atom stereocenters. The van der Waals surface area contributed by atoms with E-state index in [4.69, 9.17) is 4.74 Å². The van der Waals surface area contributed by atoms with Gasteiger partial charge in [-0.2, -0.15) is 0 Å². The molecule has 0 saturated carbocycles. The molecule has 2 saturated heterocycles. The van der Waals surface area contributed by atoms with Crippen molar-refractivity contribution in [3.63, 3.8) is 0 Å². The third-order valence-electron chi connectivity index (χ3n) is 4.64. The normalized spacial score (nSPS) is 23.1. The van der Waals surface area contributed by atoms with Crippen LogP contribution in [0, 0.1) is 17.6 Å². The van der Waals surface area contributed by atoms with Gasteiger partial charge in [-0.3, -0.25) is 4.79 Å². The fraction of sp³-hybridized carbons (Fsp3) is 0.588. The van der Waals surface area contributed by atoms with E-state index in [1.165, 1.54) is 6.07 Å². The number of likely N-dealkylation sites (tertiary alicyclic amines) is 1. The molecule has 2 aliphatic heterocycles. The maximum Gasteiger partial charge on any atom is 0.251 e. The Balaban J connectivity index is 1.46. The average Bonchev–Trinajstić information content (AvgIpc) is 3.05. The third kappa shape index (κ3) is 4.26. The Morgan fingerprint density at radius 3 is 2.65 bits per heavy atom. The van der Waals surface area contributed by atoms with Crippen LogP contribution in [-0.2, 0) is 4.74 Å². The molecular formula is C17H22F2N2O2. The highest BCUT2D eigenvalue weighted by molar-refractivity contribution is 5.94. The second-order valence-electron chi connectivity index (χ2n) is 6.41. The highest BCUT2D eigenvalue weighted by Gasteiger charge is 2.25. The average molecular weight is 324 g/mol. The summed E-state index contributed by atoms with van der Waals surface area (Å²) in [4.78, 5) is 14.5. The maximum atomic E-state index is 13.2. The molecule has 6 heteroatoms. The molecule has 0 aliphatic carbocycles. The molecule has 0 spiro atoms. The Hall–Kier alpha value is -1.53. The van der Waals surface area contributed by atoms with E-state index in [2.05, 4.69) is 10.2 Å². The minimum Gasteiger partial charge on any atom is -0.381 e. The lowest BCUT2D eigenvalue weighted by atomic mass is 10.0. The minimum atomic E-state index is -0.994. The van der Waals surface area contributed by atoms with Crippen molar-refractivity contribution in [2.45, 2.75) is 25.3 Å². The monoisotopic (exact) mass is 324 g/mol. The van der Waals surface area contributed by atoms with Crippen LogP contribution < -0.4 is 5.32 Å². The largest absolute Gasteiger partial charge is 0.381 e. The summed E-state index contributed by atoms with van der Waals surface area (Å²) < 4.78 is 31.5. The van der Waals surface area contributed by atoms with E-state index in [0.29, 0.717) is 5.92 Å². The number of carbonyl (C=O) groups is 1. The number of piperidine rings is 1. The van der Waals surface area contributed by atoms with Gasteiger partial charge in [-0.15, -0.1) is 0 Å². The molecule has 4 nitrogen and oxygen atoms in total. The van der Waals surface area contributed by atoms with Gasteiger partial charge in [0.1, 0.15) is 0 Å². The molecule has 2 heterocycles. The first-order valence-electron chi connectivity index (χ1n) is 8.18. The van der Waals surface area contributed by atoms with Gasteiger partial charge in [0, 0.05) is 37.8 Å². The lowest BCUT2D eigenvalue weighted by Gasteiger charge is -2.33. The number of carbonyl (C=O) groups excluding carboxylic acids is 1. The summed E-state index contributed by atoms with van der Waals surface area (Å²) in [6.07, 6.45) is 2.89. The number of nitrogens with zero attached hydrogens (tertiary/aromatic N) is 1. The SMILES string of the molecule is O=C(NC1CCN(C[C@@H]2CCOC2)CC1)c1ccc(F)c(F)c1. The van der Waals surface area contributed by atoms with Crippen LogP contribution in [0.4, 0.5) is 8.78 Å². The lowest BCUT2D eigenvalue weighted by molar-refractivity contribution is 0.0902. The molecule has 1 amide bonds. The van der Waals surface area contributed by atoms with Gasteiger partial charge in [0.15, 0.2) is 11.6 Å². The predicted molar refractivity (Wildman–Crippen MR) is 82.2 cm³/mol. The number of hydrogen-bond donors (Lipinski definition) is 1. The molecule has 1 atom stereocenters. The molecule has 23 heavy (non-hydrogen) atoms. The van der Waals surface area contributed by atoms with Crippen molar-refractivity contribution in [2.75, 3.05) is 32.8 Å². The highest BCUT2D eigenvalue weighted by atomic mass is 19.2. The summed E-state index contributed by atoms with van der Waals surface area (Å²) in [5, 5.41) is 2.92. The number of nitrogens with one attached hydrogen (secondary N) is 1. The van der Waals surface area contributed by atoms with E-state index in [-0.39, 0.29) is 17.5 Å². The predicted octanol–water partition coefficient (Wildman–Crippen LogP) is 2.20. The fourth-order valence-electron chi connectivity index (χ4n) is 3.26. The Bertz CT molecular complexity index is 554. The second-order valence-corrected chi connectivity index (χ2v) is 6.41. The topological polar surface area (TPSA) is 41.6 Å². The molecule has 0 aromatic heterocycles. The highest BCUT2D eigenvalue weighted by Crippen LogP contribution is 2.18. The molecule has 2 aliphatic rings. The van der Waals surface area contributed by atoms with Gasteiger partial charge in [0.2, 0.25) is 0 Å². The number of amides is 1. The first kappa shape index (κ1) is 16.3. The Morgan fingerprint density at radius 2 is 2.00 bits per heavy atom. The zero-order valence-corrected chi connectivity index (χ0v) is 13.1. The van der Waals surface area contributed by atoms with E-state index < -0.39 is 11.6 Å². The molecule has 1 aromatic carbocycles. The van der Waals surface area contributed by atoms with Crippen molar-refractivity contribution in [1.29, 1.82) is 0 Å². The van der Waals surface area contributed by atoms with Crippen molar-refractivity contribution >= 4 is 5.91 Å². The summed E-state index contributed by atoms with van der Waals surface area (Å²) in [6.45, 7) is 4.67. The van der Waals surface area contributed by atoms with Gasteiger partial charge >= 0.3 is 0 Å². The molecular weight excluding hydrogens is 302 g/mol. The summed E-state index contributed by atoms with van der Waals surface area (Å²) in [6, 6.07) is 3.33. The van der Waals surface area contributed by atoms with Crippen LogP contribution in [0.1, 0.15) is 29.6 Å². The van der Waals surface area contributed by atoms with Crippen LogP contribution in [0.3, 0.4) is 0 Å². The number of hydrogen-bond acceptors (Lipinski definition) is 3. The van der Waals surface area contributed by atoms with Gasteiger partial charge in [-0.25, -0.2) is 8.78 Å². The van der Waals surface area contributed by atoms with E-state index in [1.807, 2.05) is 0 Å². The Morgan fingerprint density at radius 1 is 1.22 bits per heavy atom. The molecule has 1 aromatic rings. The van der Waals surface area contributed by atoms with Gasteiger partial charge in [0.25, 0.3) is 5.91 Å². The minimum absolute atomic E-state index is 0.0895. The van der Waals surface area contributed by atoms with Gasteiger partial charge < -0.3 is 15.0 Å². The first-order valence-corrected chi connectivity index (χ1v) is 8.18. The van der Waals surface area contributed by atoms with Crippen molar-refractivity contribution in [3.05, 3.63) is 35.4 Å². The van der Waals surface area contributed by atoms with E-state index in [1.54, 1.807) is 0 Å². The van der Waals surface area contributed by atoms with Gasteiger partial charge in [-0.1, -0.05) is 0 Å². The zero-order chi connectivity index (χ0) is 16.2. The second kappa shape index (κ2) is 7.36. The maximum absolute atomic E-state index is 13.2. The standard InChI is InChI=1S/C17H22F2N2O2/c18-15-2-1-13(9-16(15)19)17(22)20-14-3-6-21(7-4-14)10-12-5-8-23-11-12/h1-2,9,12,14H,3-8,10-11H2,(H,20,22)/t12-/m0/s1. The number of ether oxygens (including phenoxy) is 1. The zero-order valence-electron chi connectivity index (χ0n) is 13.1. The Labute approximate surface area is 134 Å². The van der Waals surface area contributed by atoms with Crippen LogP contribution in [0.2, 0.25) is 0 Å². The molecule has 2 fully saturated rings. The Kier molecular flexibility index (Phi) is 5.23.